The number of carbonyl (C=O) groups excluding carboxylic acids is 2. The van der Waals surface area contributed by atoms with Gasteiger partial charge in [-0.05, 0) is 18.2 Å². The molecule has 0 aliphatic carbocycles. The van der Waals surface area contributed by atoms with Crippen molar-refractivity contribution in [3.63, 3.8) is 0 Å². The molecule has 3 aromatic carbocycles. The third-order valence-corrected chi connectivity index (χ3v) is 8.83. The van der Waals surface area contributed by atoms with Crippen LogP contribution in [0.25, 0.3) is 11.3 Å². The molecule has 210 valence electrons. The third-order valence-electron chi connectivity index (χ3n) is 5.27. The van der Waals surface area contributed by atoms with E-state index in [2.05, 4.69) is 15.6 Å². The average Bonchev–Trinajstić information content (AvgIpc) is 3.41. The first kappa shape index (κ1) is 30.6. The van der Waals surface area contributed by atoms with Crippen molar-refractivity contribution in [3.05, 3.63) is 95.2 Å². The molecule has 0 fully saturated rings. The van der Waals surface area contributed by atoms with Crippen LogP contribution in [0.2, 0.25) is 20.1 Å². The van der Waals surface area contributed by atoms with Crippen molar-refractivity contribution in [2.45, 2.75) is 4.90 Å². The molecule has 0 saturated carbocycles. The summed E-state index contributed by atoms with van der Waals surface area (Å²) in [7, 11) is 0. The summed E-state index contributed by atoms with van der Waals surface area (Å²) in [5, 5.41) is 26.5. The summed E-state index contributed by atoms with van der Waals surface area (Å²) in [6.45, 7) is 0. The Hall–Kier alpha value is -3.39. The van der Waals surface area contributed by atoms with Crippen molar-refractivity contribution in [1.29, 1.82) is 0 Å². The van der Waals surface area contributed by atoms with Crippen molar-refractivity contribution < 1.29 is 24.4 Å². The Bertz CT molecular complexity index is 1720. The van der Waals surface area contributed by atoms with E-state index < -0.39 is 32.9 Å². The highest BCUT2D eigenvalue weighted by atomic mass is 35.5. The summed E-state index contributed by atoms with van der Waals surface area (Å²) in [5.41, 5.74) is 0.202. The second kappa shape index (κ2) is 13.1. The van der Waals surface area contributed by atoms with Gasteiger partial charge in [-0.1, -0.05) is 64.6 Å². The quantitative estimate of drug-likeness (QED) is 0.0532. The van der Waals surface area contributed by atoms with Crippen LogP contribution in [0.1, 0.15) is 20.7 Å². The van der Waals surface area contributed by atoms with Gasteiger partial charge in [-0.25, -0.2) is 9.78 Å². The number of thioether (sulfide) groups is 1. The highest BCUT2D eigenvalue weighted by molar-refractivity contribution is 8.00. The van der Waals surface area contributed by atoms with E-state index in [1.165, 1.54) is 35.2 Å². The van der Waals surface area contributed by atoms with Gasteiger partial charge in [0.25, 0.3) is 11.6 Å². The minimum Gasteiger partial charge on any atom is -0.478 e. The molecule has 0 unspecified atom stereocenters. The number of amides is 2. The monoisotopic (exact) mass is 670 g/mol. The summed E-state index contributed by atoms with van der Waals surface area (Å²) in [4.78, 5) is 52.7. The van der Waals surface area contributed by atoms with Gasteiger partial charge >= 0.3 is 5.97 Å². The molecule has 1 heterocycles. The predicted molar refractivity (Wildman–Crippen MR) is 161 cm³/mol. The third kappa shape index (κ3) is 7.10. The number of anilines is 2. The van der Waals surface area contributed by atoms with Gasteiger partial charge in [-0.3, -0.25) is 19.7 Å². The maximum absolute atomic E-state index is 13.0. The number of carboxylic acid groups (broad SMARTS) is 1. The molecule has 0 aliphatic heterocycles. The van der Waals surface area contributed by atoms with Crippen LogP contribution in [0.5, 0.6) is 0 Å². The molecular weight excluding hydrogens is 658 g/mol. The standard InChI is InChI=1S/C25H14Cl4N4O6S2/c26-19-17(18(24(36)37)20(27)22(29)21(19)28)23(35)30-12-4-2-6-14(8-12)40-10-16(34)32-25-31-15(9-41-25)11-3-1-5-13(7-11)33(38)39/h1-9H,10H2,(H,30,35)(H,36,37)(H,31,32,34). The largest absolute Gasteiger partial charge is 0.478 e. The Morgan fingerprint density at radius 3 is 2.32 bits per heavy atom. The number of aromatic carboxylic acids is 1. The lowest BCUT2D eigenvalue weighted by Crippen LogP contribution is -2.18. The first-order valence-electron chi connectivity index (χ1n) is 11.1. The molecule has 0 bridgehead atoms. The molecule has 0 aliphatic rings. The van der Waals surface area contributed by atoms with Crippen molar-refractivity contribution in [1.82, 2.24) is 4.98 Å². The van der Waals surface area contributed by atoms with Gasteiger partial charge in [-0.2, -0.15) is 0 Å². The van der Waals surface area contributed by atoms with Crippen molar-refractivity contribution >= 4 is 104 Å². The van der Waals surface area contributed by atoms with Crippen LogP contribution in [0.3, 0.4) is 0 Å². The SMILES string of the molecule is O=C(CSc1cccc(NC(=O)c2c(Cl)c(Cl)c(Cl)c(Cl)c2C(=O)O)c1)Nc1nc(-c2cccc([N+](=O)[O-])c2)cs1. The van der Waals surface area contributed by atoms with Crippen LogP contribution in [-0.2, 0) is 4.79 Å². The van der Waals surface area contributed by atoms with Crippen LogP contribution >= 0.6 is 69.5 Å². The van der Waals surface area contributed by atoms with Crippen LogP contribution < -0.4 is 10.6 Å². The minimum atomic E-state index is -1.52. The molecule has 4 aromatic rings. The first-order chi connectivity index (χ1) is 19.5. The lowest BCUT2D eigenvalue weighted by Gasteiger charge is -2.14. The minimum absolute atomic E-state index is 0.000509. The molecule has 41 heavy (non-hydrogen) atoms. The number of nitro groups is 1. The zero-order valence-corrected chi connectivity index (χ0v) is 24.8. The highest BCUT2D eigenvalue weighted by Gasteiger charge is 2.29. The number of benzene rings is 3. The second-order valence-corrected chi connectivity index (χ2v) is 11.4. The molecule has 0 spiro atoms. The Labute approximate surface area is 259 Å². The molecule has 0 saturated heterocycles. The zero-order chi connectivity index (χ0) is 29.8. The van der Waals surface area contributed by atoms with Crippen LogP contribution in [-0.4, -0.2) is 38.6 Å². The number of nitrogens with one attached hydrogen (secondary N) is 2. The number of nitro benzene ring substituents is 1. The number of carboxylic acids is 1. The number of aromatic nitrogens is 1. The van der Waals surface area contributed by atoms with Crippen molar-refractivity contribution in [3.8, 4) is 11.3 Å². The molecule has 3 N–H and O–H groups in total. The summed E-state index contributed by atoms with van der Waals surface area (Å²) < 4.78 is 0. The van der Waals surface area contributed by atoms with E-state index in [0.29, 0.717) is 21.3 Å². The summed E-state index contributed by atoms with van der Waals surface area (Å²) >= 11 is 26.5. The average molecular weight is 672 g/mol. The summed E-state index contributed by atoms with van der Waals surface area (Å²) in [6.07, 6.45) is 0. The number of rotatable bonds is 9. The number of hydrogen-bond acceptors (Lipinski definition) is 8. The normalized spacial score (nSPS) is 10.7. The number of non-ortho nitro benzene ring substituents is 1. The van der Waals surface area contributed by atoms with Crippen LogP contribution in [0.15, 0.2) is 58.8 Å². The lowest BCUT2D eigenvalue weighted by molar-refractivity contribution is -0.384. The van der Waals surface area contributed by atoms with Crippen molar-refractivity contribution in [2.75, 3.05) is 16.4 Å². The fourth-order valence-electron chi connectivity index (χ4n) is 3.45. The van der Waals surface area contributed by atoms with Gasteiger partial charge in [-0.15, -0.1) is 23.1 Å². The first-order valence-corrected chi connectivity index (χ1v) is 14.5. The zero-order valence-electron chi connectivity index (χ0n) is 20.1. The van der Waals surface area contributed by atoms with Gasteiger partial charge in [0.2, 0.25) is 5.91 Å². The van der Waals surface area contributed by atoms with E-state index in [0.717, 1.165) is 0 Å². The molecular formula is C25H14Cl4N4O6S2. The molecule has 0 atom stereocenters. The smallest absolute Gasteiger partial charge is 0.338 e. The van der Waals surface area contributed by atoms with Gasteiger partial charge in [0.15, 0.2) is 5.13 Å². The molecule has 16 heteroatoms. The number of thiazole rings is 1. The van der Waals surface area contributed by atoms with Crippen molar-refractivity contribution in [2.24, 2.45) is 0 Å². The number of halogens is 4. The number of hydrogen-bond donors (Lipinski definition) is 3. The summed E-state index contributed by atoms with van der Waals surface area (Å²) in [6, 6.07) is 12.5. The van der Waals surface area contributed by atoms with E-state index in [1.807, 2.05) is 0 Å². The Balaban J connectivity index is 1.41. The van der Waals surface area contributed by atoms with E-state index in [9.17, 15) is 29.6 Å². The van der Waals surface area contributed by atoms with Gasteiger partial charge in [0.1, 0.15) is 0 Å². The Morgan fingerprint density at radius 1 is 0.951 bits per heavy atom. The fourth-order valence-corrected chi connectivity index (χ4v) is 5.96. The van der Waals surface area contributed by atoms with Crippen LogP contribution in [0, 0.1) is 10.1 Å². The van der Waals surface area contributed by atoms with E-state index >= 15 is 0 Å². The van der Waals surface area contributed by atoms with Gasteiger partial charge < -0.3 is 15.7 Å². The van der Waals surface area contributed by atoms with Crippen LogP contribution in [0.4, 0.5) is 16.5 Å². The molecule has 4 rings (SSSR count). The van der Waals surface area contributed by atoms with E-state index in [4.69, 9.17) is 46.4 Å². The maximum atomic E-state index is 13.0. The molecule has 1 aromatic heterocycles. The fraction of sp³-hybridized carbons (Fsp3) is 0.0400. The molecule has 2 amide bonds. The predicted octanol–water partition coefficient (Wildman–Crippen LogP) is 8.01. The lowest BCUT2D eigenvalue weighted by atomic mass is 10.1. The number of carbonyl (C=O) groups is 3. The molecule has 10 nitrogen and oxygen atoms in total. The van der Waals surface area contributed by atoms with Gasteiger partial charge in [0, 0.05) is 33.7 Å². The maximum Gasteiger partial charge on any atom is 0.338 e. The number of nitrogens with zero attached hydrogens (tertiary/aromatic N) is 2. The van der Waals surface area contributed by atoms with Gasteiger partial charge in [0.05, 0.1) is 47.6 Å². The van der Waals surface area contributed by atoms with E-state index in [-0.39, 0.29) is 38.1 Å². The molecule has 0 radical (unpaired) electrons. The summed E-state index contributed by atoms with van der Waals surface area (Å²) in [5.74, 6) is -2.75. The Kier molecular flexibility index (Phi) is 9.74. The highest BCUT2D eigenvalue weighted by Crippen LogP contribution is 2.42. The van der Waals surface area contributed by atoms with E-state index in [1.54, 1.807) is 41.8 Å². The second-order valence-electron chi connectivity index (χ2n) is 7.98. The Morgan fingerprint density at radius 2 is 1.63 bits per heavy atom. The topological polar surface area (TPSA) is 152 Å².